The number of nitrogens with zero attached hydrogens (tertiary/aromatic N) is 1. The van der Waals surface area contributed by atoms with Gasteiger partial charge < -0.3 is 0 Å². The van der Waals surface area contributed by atoms with E-state index in [1.54, 1.807) is 11.6 Å². The van der Waals surface area contributed by atoms with Crippen molar-refractivity contribution in [3.05, 3.63) is 77.4 Å². The third-order valence-electron chi connectivity index (χ3n) is 4.66. The Morgan fingerprint density at radius 1 is 1.12 bits per heavy atom. The molecule has 0 saturated carbocycles. The van der Waals surface area contributed by atoms with Gasteiger partial charge in [0.1, 0.15) is 0 Å². The fourth-order valence-corrected chi connectivity index (χ4v) is 3.33. The van der Waals surface area contributed by atoms with Crippen molar-refractivity contribution in [3.8, 4) is 0 Å². The van der Waals surface area contributed by atoms with E-state index in [9.17, 15) is 9.59 Å². The average molecular weight is 350 g/mol. The molecule has 1 fully saturated rings. The van der Waals surface area contributed by atoms with Crippen LogP contribution >= 0.6 is 0 Å². The lowest BCUT2D eigenvalue weighted by Crippen LogP contribution is -2.29. The summed E-state index contributed by atoms with van der Waals surface area (Å²) in [5, 5.41) is 8.50. The second-order valence-corrected chi connectivity index (χ2v) is 6.39. The van der Waals surface area contributed by atoms with Gasteiger partial charge in [0.15, 0.2) is 5.78 Å². The topological polar surface area (TPSA) is 69.6 Å². The molecule has 1 heterocycles. The molecule has 5 nitrogen and oxygen atoms in total. The minimum atomic E-state index is -0.560. The monoisotopic (exact) mass is 350 g/mol. The Balaban J connectivity index is 1.67. The van der Waals surface area contributed by atoms with E-state index < -0.39 is 5.91 Å². The first-order chi connectivity index (χ1) is 12.7. The maximum atomic E-state index is 12.5. The summed E-state index contributed by atoms with van der Waals surface area (Å²) < 4.78 is 0. The normalized spacial score (nSPS) is 17.5. The highest BCUT2D eigenvalue weighted by Crippen LogP contribution is 2.32. The van der Waals surface area contributed by atoms with Crippen molar-refractivity contribution < 1.29 is 14.8 Å². The van der Waals surface area contributed by atoms with Crippen LogP contribution in [0.25, 0.3) is 6.08 Å². The molecule has 0 bridgehead atoms. The third-order valence-corrected chi connectivity index (χ3v) is 4.66. The molecule has 1 aliphatic rings. The molecule has 3 rings (SSSR count). The summed E-state index contributed by atoms with van der Waals surface area (Å²) in [4.78, 5) is 25.8. The number of ketones is 1. The van der Waals surface area contributed by atoms with Crippen LogP contribution in [0.15, 0.2) is 60.7 Å². The molecule has 2 aromatic rings. The summed E-state index contributed by atoms with van der Waals surface area (Å²) in [6, 6.07) is 17.6. The number of carbonyl (C=O) groups excluding carboxylic acids is 2. The second-order valence-electron chi connectivity index (χ2n) is 6.39. The van der Waals surface area contributed by atoms with E-state index in [1.807, 2.05) is 54.6 Å². The van der Waals surface area contributed by atoms with Gasteiger partial charge in [-0.1, -0.05) is 54.6 Å². The Morgan fingerprint density at radius 3 is 2.54 bits per heavy atom. The van der Waals surface area contributed by atoms with Gasteiger partial charge in [-0.25, -0.2) is 5.48 Å². The zero-order valence-corrected chi connectivity index (χ0v) is 14.5. The van der Waals surface area contributed by atoms with Crippen LogP contribution in [0, 0.1) is 0 Å². The Hall–Kier alpha value is -2.76. The van der Waals surface area contributed by atoms with E-state index in [0.717, 1.165) is 30.5 Å². The van der Waals surface area contributed by atoms with E-state index in [-0.39, 0.29) is 11.8 Å². The van der Waals surface area contributed by atoms with Crippen LogP contribution in [-0.2, 0) is 4.79 Å². The number of rotatable bonds is 6. The van der Waals surface area contributed by atoms with Gasteiger partial charge >= 0.3 is 0 Å². The molecule has 1 aliphatic heterocycles. The highest BCUT2D eigenvalue weighted by atomic mass is 16.5. The van der Waals surface area contributed by atoms with E-state index in [2.05, 4.69) is 4.90 Å². The summed E-state index contributed by atoms with van der Waals surface area (Å²) in [5.74, 6) is -0.414. The van der Waals surface area contributed by atoms with Crippen LogP contribution in [0.1, 0.15) is 40.4 Å². The molecule has 5 heteroatoms. The summed E-state index contributed by atoms with van der Waals surface area (Å²) >= 11 is 0. The zero-order chi connectivity index (χ0) is 18.4. The van der Waals surface area contributed by atoms with Gasteiger partial charge in [-0.3, -0.25) is 19.7 Å². The van der Waals surface area contributed by atoms with Crippen molar-refractivity contribution in [1.82, 2.24) is 10.4 Å². The Morgan fingerprint density at radius 2 is 1.85 bits per heavy atom. The lowest BCUT2D eigenvalue weighted by Gasteiger charge is -2.24. The Bertz CT molecular complexity index is 785. The Labute approximate surface area is 152 Å². The first kappa shape index (κ1) is 18.0. The smallest absolute Gasteiger partial charge is 0.267 e. The van der Waals surface area contributed by atoms with Crippen molar-refractivity contribution in [2.75, 3.05) is 13.1 Å². The molecule has 0 unspecified atom stereocenters. The van der Waals surface area contributed by atoms with Crippen LogP contribution in [-0.4, -0.2) is 34.9 Å². The van der Waals surface area contributed by atoms with Crippen molar-refractivity contribution in [1.29, 1.82) is 0 Å². The van der Waals surface area contributed by atoms with Crippen molar-refractivity contribution in [2.45, 2.75) is 18.9 Å². The summed E-state index contributed by atoms with van der Waals surface area (Å²) in [6.45, 7) is 1.34. The highest BCUT2D eigenvalue weighted by Gasteiger charge is 2.27. The minimum Gasteiger partial charge on any atom is -0.293 e. The van der Waals surface area contributed by atoms with E-state index in [0.29, 0.717) is 6.54 Å². The van der Waals surface area contributed by atoms with Gasteiger partial charge in [0.25, 0.3) is 5.91 Å². The van der Waals surface area contributed by atoms with Crippen molar-refractivity contribution >= 4 is 17.8 Å². The van der Waals surface area contributed by atoms with Gasteiger partial charge in [-0.15, -0.1) is 0 Å². The third kappa shape index (κ3) is 4.45. The highest BCUT2D eigenvalue weighted by molar-refractivity contribution is 5.97. The molecule has 0 aromatic heterocycles. The molecule has 1 amide bonds. The summed E-state index contributed by atoms with van der Waals surface area (Å²) in [7, 11) is 0. The fraction of sp³-hybridized carbons (Fsp3) is 0.238. The number of hydroxylamine groups is 1. The number of likely N-dealkylation sites (tertiary alicyclic amines) is 1. The average Bonchev–Trinajstić information content (AvgIpc) is 3.15. The lowest BCUT2D eigenvalue weighted by molar-refractivity contribution is -0.124. The largest absolute Gasteiger partial charge is 0.293 e. The van der Waals surface area contributed by atoms with Crippen molar-refractivity contribution in [3.63, 3.8) is 0 Å². The van der Waals surface area contributed by atoms with Crippen LogP contribution in [0.5, 0.6) is 0 Å². The summed E-state index contributed by atoms with van der Waals surface area (Å²) in [6.07, 6.45) is 5.02. The number of hydrogen-bond acceptors (Lipinski definition) is 4. The molecule has 1 saturated heterocycles. The van der Waals surface area contributed by atoms with E-state index in [4.69, 9.17) is 5.21 Å². The van der Waals surface area contributed by atoms with Gasteiger partial charge in [0.05, 0.1) is 6.54 Å². The van der Waals surface area contributed by atoms with Crippen LogP contribution in [0.4, 0.5) is 0 Å². The van der Waals surface area contributed by atoms with Gasteiger partial charge in [-0.2, -0.15) is 0 Å². The minimum absolute atomic E-state index is 0.145. The van der Waals surface area contributed by atoms with Crippen LogP contribution in [0.3, 0.4) is 0 Å². The summed E-state index contributed by atoms with van der Waals surface area (Å²) in [5.41, 5.74) is 4.37. The zero-order valence-electron chi connectivity index (χ0n) is 14.5. The Kier molecular flexibility index (Phi) is 5.94. The number of benzene rings is 2. The van der Waals surface area contributed by atoms with E-state index >= 15 is 0 Å². The predicted molar refractivity (Wildman–Crippen MR) is 99.7 cm³/mol. The maximum absolute atomic E-state index is 12.5. The number of Topliss-reactive ketones (excluding diaryl/α,β-unsaturated/α-hetero) is 1. The molecule has 0 spiro atoms. The SMILES string of the molecule is O=C(/C=C/c1ccc([C@@H]2CCCN2CC(=O)c2ccccc2)cc1)NO. The molecule has 0 radical (unpaired) electrons. The molecule has 26 heavy (non-hydrogen) atoms. The first-order valence-corrected chi connectivity index (χ1v) is 8.72. The molecule has 1 atom stereocenters. The molecule has 2 N–H and O–H groups in total. The quantitative estimate of drug-likeness (QED) is 0.363. The fourth-order valence-electron chi connectivity index (χ4n) is 3.33. The first-order valence-electron chi connectivity index (χ1n) is 8.72. The lowest BCUT2D eigenvalue weighted by atomic mass is 10.0. The molecular formula is C21H22N2O3. The van der Waals surface area contributed by atoms with Crippen molar-refractivity contribution in [2.24, 2.45) is 0 Å². The standard InChI is InChI=1S/C21H22N2O3/c24-20(18-5-2-1-3-6-18)15-23-14-4-7-19(23)17-11-8-16(9-12-17)10-13-21(25)22-26/h1-3,5-6,8-13,19,26H,4,7,14-15H2,(H,22,25)/b13-10+/t19-/m0/s1. The predicted octanol–water partition coefficient (Wildman–Crippen LogP) is 3.23. The number of hydrogen-bond donors (Lipinski definition) is 2. The van der Waals surface area contributed by atoms with Crippen LogP contribution < -0.4 is 5.48 Å². The maximum Gasteiger partial charge on any atom is 0.267 e. The molecule has 2 aromatic carbocycles. The molecule has 134 valence electrons. The van der Waals surface area contributed by atoms with Gasteiger partial charge in [-0.05, 0) is 36.6 Å². The number of carbonyl (C=O) groups is 2. The van der Waals surface area contributed by atoms with Gasteiger partial charge in [0.2, 0.25) is 0 Å². The van der Waals surface area contributed by atoms with Crippen LogP contribution in [0.2, 0.25) is 0 Å². The van der Waals surface area contributed by atoms with Gasteiger partial charge in [0, 0.05) is 17.7 Å². The second kappa shape index (κ2) is 8.56. The molecule has 0 aliphatic carbocycles. The number of nitrogens with one attached hydrogen (secondary N) is 1. The molecular weight excluding hydrogens is 328 g/mol. The van der Waals surface area contributed by atoms with E-state index in [1.165, 1.54) is 11.6 Å². The number of amides is 1.